The molecule has 3 rings (SSSR count). The fraction of sp³-hybridized carbons (Fsp3) is 0.529. The molecule has 3 heterocycles. The van der Waals surface area contributed by atoms with Gasteiger partial charge in [0.1, 0.15) is 11.2 Å². The number of nitrogens with one attached hydrogen (secondary N) is 1. The molecular formula is C17H24N4O3. The third-order valence-electron chi connectivity index (χ3n) is 3.87. The Balaban J connectivity index is 1.70. The molecule has 0 saturated carbocycles. The summed E-state index contributed by atoms with van der Waals surface area (Å²) < 4.78 is 5.36. The van der Waals surface area contributed by atoms with Gasteiger partial charge in [0.2, 0.25) is 0 Å². The number of pyridine rings is 1. The molecular weight excluding hydrogens is 308 g/mol. The average Bonchev–Trinajstić information content (AvgIpc) is 2.73. The van der Waals surface area contributed by atoms with Crippen molar-refractivity contribution in [1.82, 2.24) is 15.0 Å². The third-order valence-corrected chi connectivity index (χ3v) is 3.87. The second-order valence-electron chi connectivity index (χ2n) is 6.96. The largest absolute Gasteiger partial charge is 0.442 e. The minimum atomic E-state index is -0.535. The molecule has 7 heteroatoms. The number of anilines is 1. The van der Waals surface area contributed by atoms with Crippen LogP contribution in [0.1, 0.15) is 26.3 Å². The lowest BCUT2D eigenvalue weighted by Crippen LogP contribution is -2.38. The summed E-state index contributed by atoms with van der Waals surface area (Å²) in [6, 6.07) is 2.12. The van der Waals surface area contributed by atoms with E-state index in [2.05, 4.69) is 27.9 Å². The number of hydroxylamine groups is 2. The number of fused-ring (bicyclic) bond motifs is 1. The molecule has 1 fully saturated rings. The Morgan fingerprint density at radius 2 is 2.12 bits per heavy atom. The number of aromatic amines is 1. The molecule has 0 atom stereocenters. The Bertz CT molecular complexity index is 735. The van der Waals surface area contributed by atoms with Crippen LogP contribution in [0.3, 0.4) is 0 Å². The molecule has 2 aromatic heterocycles. The van der Waals surface area contributed by atoms with Gasteiger partial charge in [-0.15, -0.1) is 0 Å². The van der Waals surface area contributed by atoms with Crippen molar-refractivity contribution in [1.29, 1.82) is 0 Å². The molecule has 1 amide bonds. The maximum Gasteiger partial charge on any atom is 0.434 e. The lowest BCUT2D eigenvalue weighted by molar-refractivity contribution is -0.137. The van der Waals surface area contributed by atoms with Crippen LogP contribution in [0, 0.1) is 6.92 Å². The van der Waals surface area contributed by atoms with Gasteiger partial charge in [-0.25, -0.2) is 9.78 Å². The first-order chi connectivity index (χ1) is 11.3. The number of aromatic nitrogens is 2. The highest BCUT2D eigenvalue weighted by Gasteiger charge is 2.25. The second kappa shape index (κ2) is 6.32. The number of amides is 1. The summed E-state index contributed by atoms with van der Waals surface area (Å²) in [4.78, 5) is 27.5. The van der Waals surface area contributed by atoms with Gasteiger partial charge in [0.15, 0.2) is 0 Å². The zero-order valence-electron chi connectivity index (χ0n) is 14.6. The average molecular weight is 332 g/mol. The molecule has 24 heavy (non-hydrogen) atoms. The number of hydrogen-bond donors (Lipinski definition) is 1. The van der Waals surface area contributed by atoms with E-state index in [1.165, 1.54) is 10.6 Å². The molecule has 1 aliphatic heterocycles. The van der Waals surface area contributed by atoms with E-state index in [0.29, 0.717) is 26.2 Å². The maximum absolute atomic E-state index is 12.1. The second-order valence-corrected chi connectivity index (χ2v) is 6.96. The van der Waals surface area contributed by atoms with Gasteiger partial charge in [-0.1, -0.05) is 0 Å². The lowest BCUT2D eigenvalue weighted by atomic mass is 10.2. The molecule has 1 N–H and O–H groups in total. The summed E-state index contributed by atoms with van der Waals surface area (Å²) in [7, 11) is 0. The first-order valence-electron chi connectivity index (χ1n) is 8.15. The quantitative estimate of drug-likeness (QED) is 0.869. The summed E-state index contributed by atoms with van der Waals surface area (Å²) in [5, 5.41) is 2.42. The summed E-state index contributed by atoms with van der Waals surface area (Å²) in [5.74, 6) is 0. The van der Waals surface area contributed by atoms with E-state index in [1.807, 2.05) is 33.2 Å². The molecule has 1 saturated heterocycles. The van der Waals surface area contributed by atoms with Crippen LogP contribution in [0.5, 0.6) is 0 Å². The van der Waals surface area contributed by atoms with Crippen LogP contribution < -0.4 is 4.90 Å². The minimum Gasteiger partial charge on any atom is -0.442 e. The van der Waals surface area contributed by atoms with E-state index in [1.54, 1.807) is 0 Å². The first-order valence-corrected chi connectivity index (χ1v) is 8.15. The molecule has 1 aliphatic rings. The highest BCUT2D eigenvalue weighted by Crippen LogP contribution is 2.23. The smallest absolute Gasteiger partial charge is 0.434 e. The monoisotopic (exact) mass is 332 g/mol. The van der Waals surface area contributed by atoms with Gasteiger partial charge < -0.3 is 14.6 Å². The SMILES string of the molecule is Cc1c[nH]c2ncc(N3CCON(C(=O)OC(C)(C)C)CC3)cc12. The van der Waals surface area contributed by atoms with Crippen molar-refractivity contribution in [3.05, 3.63) is 24.0 Å². The standard InChI is InChI=1S/C17H24N4O3/c1-12-10-18-15-14(12)9-13(11-19-15)20-5-6-21(23-8-7-20)16(22)24-17(2,3)4/h9-11H,5-8H2,1-4H3,(H,18,19). The van der Waals surface area contributed by atoms with E-state index in [4.69, 9.17) is 9.57 Å². The van der Waals surface area contributed by atoms with Crippen molar-refractivity contribution in [3.8, 4) is 0 Å². The highest BCUT2D eigenvalue weighted by molar-refractivity contribution is 5.82. The normalized spacial score (nSPS) is 16.3. The molecule has 0 unspecified atom stereocenters. The lowest BCUT2D eigenvalue weighted by Gasteiger charge is -2.25. The number of aryl methyl sites for hydroxylation is 1. The highest BCUT2D eigenvalue weighted by atomic mass is 16.7. The number of hydrogen-bond acceptors (Lipinski definition) is 5. The van der Waals surface area contributed by atoms with Crippen LogP contribution >= 0.6 is 0 Å². The molecule has 7 nitrogen and oxygen atoms in total. The van der Waals surface area contributed by atoms with E-state index in [-0.39, 0.29) is 0 Å². The Morgan fingerprint density at radius 3 is 2.88 bits per heavy atom. The van der Waals surface area contributed by atoms with Crippen LogP contribution in [0.25, 0.3) is 11.0 Å². The summed E-state index contributed by atoms with van der Waals surface area (Å²) in [6.07, 6.45) is 3.36. The first kappa shape index (κ1) is 16.6. The molecule has 0 spiro atoms. The molecule has 0 radical (unpaired) electrons. The van der Waals surface area contributed by atoms with Crippen LogP contribution in [-0.4, -0.2) is 53.0 Å². The minimum absolute atomic E-state index is 0.420. The van der Waals surface area contributed by atoms with Gasteiger partial charge in [-0.2, -0.15) is 5.06 Å². The van der Waals surface area contributed by atoms with Crippen LogP contribution in [0.4, 0.5) is 10.5 Å². The number of carbonyl (C=O) groups excluding carboxylic acids is 1. The van der Waals surface area contributed by atoms with Crippen LogP contribution in [0.2, 0.25) is 0 Å². The van der Waals surface area contributed by atoms with Crippen molar-refractivity contribution in [2.45, 2.75) is 33.3 Å². The zero-order chi connectivity index (χ0) is 17.3. The van der Waals surface area contributed by atoms with Gasteiger partial charge in [0, 0.05) is 24.7 Å². The van der Waals surface area contributed by atoms with Gasteiger partial charge in [0.05, 0.1) is 25.0 Å². The topological polar surface area (TPSA) is 70.7 Å². The molecule has 0 aromatic carbocycles. The fourth-order valence-electron chi connectivity index (χ4n) is 2.66. The fourth-order valence-corrected chi connectivity index (χ4v) is 2.66. The number of rotatable bonds is 1. The number of carbonyl (C=O) groups is 1. The Hall–Kier alpha value is -2.28. The van der Waals surface area contributed by atoms with Crippen molar-refractivity contribution < 1.29 is 14.4 Å². The molecule has 0 bridgehead atoms. The summed E-state index contributed by atoms with van der Waals surface area (Å²) in [6.45, 7) is 9.80. The van der Waals surface area contributed by atoms with Crippen LogP contribution in [-0.2, 0) is 9.57 Å². The Morgan fingerprint density at radius 1 is 1.33 bits per heavy atom. The zero-order valence-corrected chi connectivity index (χ0v) is 14.6. The van der Waals surface area contributed by atoms with Crippen molar-refractivity contribution >= 4 is 22.8 Å². The van der Waals surface area contributed by atoms with Crippen LogP contribution in [0.15, 0.2) is 18.5 Å². The number of nitrogens with zero attached hydrogens (tertiary/aromatic N) is 3. The predicted molar refractivity (Wildman–Crippen MR) is 91.9 cm³/mol. The molecule has 0 aliphatic carbocycles. The van der Waals surface area contributed by atoms with E-state index in [0.717, 1.165) is 16.7 Å². The van der Waals surface area contributed by atoms with E-state index >= 15 is 0 Å². The van der Waals surface area contributed by atoms with E-state index < -0.39 is 11.7 Å². The number of ether oxygens (including phenoxy) is 1. The van der Waals surface area contributed by atoms with Gasteiger partial charge >= 0.3 is 6.09 Å². The number of H-pyrrole nitrogens is 1. The van der Waals surface area contributed by atoms with E-state index in [9.17, 15) is 4.79 Å². The Kier molecular flexibility index (Phi) is 4.36. The van der Waals surface area contributed by atoms with Crippen molar-refractivity contribution in [2.24, 2.45) is 0 Å². The van der Waals surface area contributed by atoms with Gasteiger partial charge in [-0.05, 0) is 39.3 Å². The summed E-state index contributed by atoms with van der Waals surface area (Å²) in [5.41, 5.74) is 2.55. The predicted octanol–water partition coefficient (Wildman–Crippen LogP) is 2.86. The van der Waals surface area contributed by atoms with Crippen molar-refractivity contribution in [2.75, 3.05) is 31.1 Å². The maximum atomic E-state index is 12.1. The molecule has 2 aromatic rings. The van der Waals surface area contributed by atoms with Gasteiger partial charge in [-0.3, -0.25) is 4.84 Å². The molecule has 130 valence electrons. The Labute approximate surface area is 141 Å². The third kappa shape index (κ3) is 3.62. The van der Waals surface area contributed by atoms with Gasteiger partial charge in [0.25, 0.3) is 0 Å². The van der Waals surface area contributed by atoms with Crippen molar-refractivity contribution in [3.63, 3.8) is 0 Å². The summed E-state index contributed by atoms with van der Waals surface area (Å²) >= 11 is 0.